The summed E-state index contributed by atoms with van der Waals surface area (Å²) < 4.78 is 5.28. The quantitative estimate of drug-likeness (QED) is 0.785. The third-order valence-electron chi connectivity index (χ3n) is 5.87. The number of rotatable bonds is 4. The molecule has 2 aromatic carbocycles. The summed E-state index contributed by atoms with van der Waals surface area (Å²) >= 11 is 6.63. The van der Waals surface area contributed by atoms with E-state index in [2.05, 4.69) is 23.9 Å². The first kappa shape index (κ1) is 19.1. The van der Waals surface area contributed by atoms with Gasteiger partial charge in [0.1, 0.15) is 5.75 Å². The summed E-state index contributed by atoms with van der Waals surface area (Å²) in [5, 5.41) is 0.699. The molecule has 0 saturated carbocycles. The van der Waals surface area contributed by atoms with Gasteiger partial charge in [0, 0.05) is 36.9 Å². The van der Waals surface area contributed by atoms with Crippen LogP contribution in [0.1, 0.15) is 22.3 Å². The Hall–Kier alpha value is -2.24. The number of hydrogen-bond acceptors (Lipinski definition) is 4. The molecule has 1 amide bonds. The van der Waals surface area contributed by atoms with Gasteiger partial charge in [-0.1, -0.05) is 11.6 Å². The van der Waals surface area contributed by atoms with Crippen LogP contribution in [0.25, 0.3) is 0 Å². The van der Waals surface area contributed by atoms with E-state index in [4.69, 9.17) is 16.3 Å². The van der Waals surface area contributed by atoms with Crippen LogP contribution in [0.15, 0.2) is 36.4 Å². The number of fused-ring (bicyclic) bond motifs is 1. The van der Waals surface area contributed by atoms with Gasteiger partial charge in [-0.05, 0) is 68.9 Å². The molecule has 148 valence electrons. The summed E-state index contributed by atoms with van der Waals surface area (Å²) in [4.78, 5) is 19.4. The highest BCUT2D eigenvalue weighted by atomic mass is 35.5. The van der Waals surface area contributed by atoms with Crippen LogP contribution in [-0.4, -0.2) is 57.7 Å². The summed E-state index contributed by atoms with van der Waals surface area (Å²) in [7, 11) is 5.88. The van der Waals surface area contributed by atoms with Crippen molar-refractivity contribution < 1.29 is 9.53 Å². The third kappa shape index (κ3) is 3.45. The summed E-state index contributed by atoms with van der Waals surface area (Å²) in [6.45, 7) is 2.62. The standard InChI is InChI=1S/C22H26ClN3O2/c1-24(2)17-9-10-25(14-17)21-7-4-16(13-20(21)23)26-11-8-15-12-18(28-3)5-6-19(15)22(26)27/h4-7,12-13,17H,8-11,14H2,1-3H3. The molecule has 0 aromatic heterocycles. The molecule has 0 spiro atoms. The number of amides is 1. The lowest BCUT2D eigenvalue weighted by Gasteiger charge is -2.30. The van der Waals surface area contributed by atoms with Crippen molar-refractivity contribution in [1.82, 2.24) is 4.90 Å². The number of likely N-dealkylation sites (N-methyl/N-ethyl adjacent to an activating group) is 1. The second-order valence-electron chi connectivity index (χ2n) is 7.72. The van der Waals surface area contributed by atoms with Crippen molar-refractivity contribution in [3.05, 3.63) is 52.5 Å². The van der Waals surface area contributed by atoms with Crippen molar-refractivity contribution >= 4 is 28.9 Å². The van der Waals surface area contributed by atoms with E-state index < -0.39 is 0 Å². The zero-order valence-corrected chi connectivity index (χ0v) is 17.4. The van der Waals surface area contributed by atoms with Gasteiger partial charge < -0.3 is 19.4 Å². The zero-order valence-electron chi connectivity index (χ0n) is 16.6. The molecule has 4 rings (SSSR count). The number of halogens is 1. The summed E-state index contributed by atoms with van der Waals surface area (Å²) in [6.07, 6.45) is 1.93. The van der Waals surface area contributed by atoms with Crippen molar-refractivity contribution in [2.75, 3.05) is 50.6 Å². The first-order valence-electron chi connectivity index (χ1n) is 9.67. The van der Waals surface area contributed by atoms with Gasteiger partial charge in [0.15, 0.2) is 0 Å². The van der Waals surface area contributed by atoms with Gasteiger partial charge in [0.2, 0.25) is 0 Å². The fraction of sp³-hybridized carbons (Fsp3) is 0.409. The second kappa shape index (κ2) is 7.64. The molecule has 1 fully saturated rings. The van der Waals surface area contributed by atoms with Gasteiger partial charge in [0.05, 0.1) is 17.8 Å². The summed E-state index contributed by atoms with van der Waals surface area (Å²) in [5.74, 6) is 0.801. The Balaban J connectivity index is 1.55. The average molecular weight is 400 g/mol. The van der Waals surface area contributed by atoms with Crippen LogP contribution in [0.4, 0.5) is 11.4 Å². The van der Waals surface area contributed by atoms with Crippen molar-refractivity contribution in [2.24, 2.45) is 0 Å². The highest BCUT2D eigenvalue weighted by Crippen LogP contribution is 2.35. The molecule has 2 aromatic rings. The van der Waals surface area contributed by atoms with E-state index in [0.29, 0.717) is 17.6 Å². The molecule has 28 heavy (non-hydrogen) atoms. The number of anilines is 2. The monoisotopic (exact) mass is 399 g/mol. The van der Waals surface area contributed by atoms with E-state index in [0.717, 1.165) is 54.2 Å². The zero-order chi connectivity index (χ0) is 19.8. The predicted octanol–water partition coefficient (Wildman–Crippen LogP) is 3.69. The highest BCUT2D eigenvalue weighted by molar-refractivity contribution is 6.33. The fourth-order valence-electron chi connectivity index (χ4n) is 4.14. The lowest BCUT2D eigenvalue weighted by atomic mass is 9.98. The van der Waals surface area contributed by atoms with E-state index in [9.17, 15) is 4.79 Å². The molecular formula is C22H26ClN3O2. The third-order valence-corrected chi connectivity index (χ3v) is 6.17. The molecular weight excluding hydrogens is 374 g/mol. The van der Waals surface area contributed by atoms with Crippen LogP contribution < -0.4 is 14.5 Å². The highest BCUT2D eigenvalue weighted by Gasteiger charge is 2.28. The van der Waals surface area contributed by atoms with Gasteiger partial charge in [-0.15, -0.1) is 0 Å². The topological polar surface area (TPSA) is 36.0 Å². The average Bonchev–Trinajstić information content (AvgIpc) is 3.18. The van der Waals surface area contributed by atoms with Gasteiger partial charge in [-0.25, -0.2) is 0 Å². The Morgan fingerprint density at radius 2 is 1.96 bits per heavy atom. The number of ether oxygens (including phenoxy) is 1. The van der Waals surface area contributed by atoms with Crippen LogP contribution >= 0.6 is 11.6 Å². The normalized spacial score (nSPS) is 19.3. The smallest absolute Gasteiger partial charge is 0.258 e. The maximum atomic E-state index is 13.0. The van der Waals surface area contributed by atoms with Crippen molar-refractivity contribution in [2.45, 2.75) is 18.9 Å². The van der Waals surface area contributed by atoms with E-state index in [1.54, 1.807) is 7.11 Å². The molecule has 1 atom stereocenters. The first-order valence-corrected chi connectivity index (χ1v) is 10.1. The number of carbonyl (C=O) groups excluding carboxylic acids is 1. The molecule has 6 heteroatoms. The van der Waals surface area contributed by atoms with Gasteiger partial charge in [-0.3, -0.25) is 4.79 Å². The fourth-order valence-corrected chi connectivity index (χ4v) is 4.43. The maximum absolute atomic E-state index is 13.0. The second-order valence-corrected chi connectivity index (χ2v) is 8.12. The Morgan fingerprint density at radius 1 is 1.14 bits per heavy atom. The van der Waals surface area contributed by atoms with Crippen LogP contribution in [-0.2, 0) is 6.42 Å². The summed E-state index contributed by atoms with van der Waals surface area (Å²) in [5.41, 5.74) is 3.67. The molecule has 2 aliphatic heterocycles. The van der Waals surface area contributed by atoms with Crippen LogP contribution in [0.5, 0.6) is 5.75 Å². The largest absolute Gasteiger partial charge is 0.497 e. The van der Waals surface area contributed by atoms with Crippen LogP contribution in [0.3, 0.4) is 0 Å². The van der Waals surface area contributed by atoms with Gasteiger partial charge in [-0.2, -0.15) is 0 Å². The minimum Gasteiger partial charge on any atom is -0.497 e. The number of benzene rings is 2. The molecule has 2 aliphatic rings. The lowest BCUT2D eigenvalue weighted by Crippen LogP contribution is -2.37. The summed E-state index contributed by atoms with van der Waals surface area (Å²) in [6, 6.07) is 12.2. The molecule has 1 saturated heterocycles. The predicted molar refractivity (Wildman–Crippen MR) is 114 cm³/mol. The Kier molecular flexibility index (Phi) is 5.21. The van der Waals surface area contributed by atoms with E-state index >= 15 is 0 Å². The maximum Gasteiger partial charge on any atom is 0.258 e. The molecule has 0 aliphatic carbocycles. The Labute approximate surface area is 171 Å². The van der Waals surface area contributed by atoms with E-state index in [-0.39, 0.29) is 5.91 Å². The van der Waals surface area contributed by atoms with Crippen molar-refractivity contribution in [3.63, 3.8) is 0 Å². The van der Waals surface area contributed by atoms with Crippen molar-refractivity contribution in [1.29, 1.82) is 0 Å². The Bertz CT molecular complexity index is 899. The van der Waals surface area contributed by atoms with Crippen LogP contribution in [0, 0.1) is 0 Å². The van der Waals surface area contributed by atoms with E-state index in [1.807, 2.05) is 41.3 Å². The molecule has 0 radical (unpaired) electrons. The van der Waals surface area contributed by atoms with Gasteiger partial charge >= 0.3 is 0 Å². The van der Waals surface area contributed by atoms with Crippen LogP contribution in [0.2, 0.25) is 5.02 Å². The molecule has 1 unspecified atom stereocenters. The number of nitrogens with zero attached hydrogens (tertiary/aromatic N) is 3. The Morgan fingerprint density at radius 3 is 2.64 bits per heavy atom. The molecule has 5 nitrogen and oxygen atoms in total. The minimum absolute atomic E-state index is 0.0153. The van der Waals surface area contributed by atoms with E-state index in [1.165, 1.54) is 0 Å². The number of methoxy groups -OCH3 is 1. The van der Waals surface area contributed by atoms with Crippen molar-refractivity contribution in [3.8, 4) is 5.75 Å². The van der Waals surface area contributed by atoms with Gasteiger partial charge in [0.25, 0.3) is 5.91 Å². The SMILES string of the molecule is COc1ccc2c(c1)CCN(c1ccc(N3CCC(N(C)C)C3)c(Cl)c1)C2=O. The molecule has 0 N–H and O–H groups in total. The molecule has 2 heterocycles. The number of hydrogen-bond donors (Lipinski definition) is 0. The molecule has 0 bridgehead atoms. The number of carbonyl (C=O) groups is 1. The minimum atomic E-state index is 0.0153. The lowest BCUT2D eigenvalue weighted by molar-refractivity contribution is 0.0980. The first-order chi connectivity index (χ1) is 13.5.